The van der Waals surface area contributed by atoms with Gasteiger partial charge in [0.25, 0.3) is 5.91 Å². The van der Waals surface area contributed by atoms with Crippen molar-refractivity contribution in [2.75, 3.05) is 0 Å². The molecule has 0 atom stereocenters. The van der Waals surface area contributed by atoms with Gasteiger partial charge in [0.2, 0.25) is 0 Å². The second-order valence-electron chi connectivity index (χ2n) is 8.58. The number of para-hydroxylation sites is 1. The van der Waals surface area contributed by atoms with Gasteiger partial charge in [-0.05, 0) is 50.7 Å². The van der Waals surface area contributed by atoms with Crippen molar-refractivity contribution in [1.29, 1.82) is 0 Å². The Hall–Kier alpha value is -2.67. The van der Waals surface area contributed by atoms with Crippen molar-refractivity contribution in [3.8, 4) is 0 Å². The lowest BCUT2D eigenvalue weighted by Crippen LogP contribution is -2.44. The van der Waals surface area contributed by atoms with Gasteiger partial charge in [-0.3, -0.25) is 4.79 Å². The highest BCUT2D eigenvalue weighted by Crippen LogP contribution is 2.43. The molecule has 1 amide bonds. The summed E-state index contributed by atoms with van der Waals surface area (Å²) in [5.41, 5.74) is 4.06. The van der Waals surface area contributed by atoms with Gasteiger partial charge in [-0.25, -0.2) is 0 Å². The summed E-state index contributed by atoms with van der Waals surface area (Å²) < 4.78 is 4.14. The lowest BCUT2D eigenvalue weighted by molar-refractivity contribution is 0.0898. The Bertz CT molecular complexity index is 1100. The number of amides is 1. The number of benzene rings is 1. The van der Waals surface area contributed by atoms with E-state index in [9.17, 15) is 9.90 Å². The van der Waals surface area contributed by atoms with Gasteiger partial charge in [0.15, 0.2) is 5.82 Å². The second kappa shape index (κ2) is 6.69. The first kappa shape index (κ1) is 18.4. The van der Waals surface area contributed by atoms with Gasteiger partial charge >= 0.3 is 0 Å². The van der Waals surface area contributed by atoms with Gasteiger partial charge in [0.1, 0.15) is 18.1 Å². The summed E-state index contributed by atoms with van der Waals surface area (Å²) in [7, 11) is 1.97. The topological polar surface area (TPSA) is 85.0 Å². The van der Waals surface area contributed by atoms with Gasteiger partial charge < -0.3 is 19.6 Å². The number of rotatable bonds is 5. The molecule has 3 aromatic rings. The normalized spacial score (nSPS) is 21.4. The van der Waals surface area contributed by atoms with Crippen LogP contribution in [-0.4, -0.2) is 36.4 Å². The van der Waals surface area contributed by atoms with Crippen LogP contribution in [0, 0.1) is 13.8 Å². The number of aromatic nitrogens is 4. The largest absolute Gasteiger partial charge is 0.388 e. The molecule has 0 aliphatic heterocycles. The maximum atomic E-state index is 13.1. The first-order chi connectivity index (χ1) is 14.0. The Labute approximate surface area is 169 Å². The molecule has 7 nitrogen and oxygen atoms in total. The third kappa shape index (κ3) is 2.87. The van der Waals surface area contributed by atoms with Gasteiger partial charge in [-0.2, -0.15) is 0 Å². The Kier molecular flexibility index (Phi) is 4.24. The standard InChI is InChI=1S/C22H27N5O2/c1-12-5-4-6-17-13(2)20(26(3)19(12)17)22(29)23-15-9-14(10-15)21-25-24-18(11-28)27(21)16-7-8-16/h4-6,14-16,28H,7-11H2,1-3H3,(H,23,29). The Morgan fingerprint density at radius 2 is 2.00 bits per heavy atom. The molecule has 0 saturated heterocycles. The Morgan fingerprint density at radius 1 is 1.24 bits per heavy atom. The van der Waals surface area contributed by atoms with Crippen LogP contribution in [0.3, 0.4) is 0 Å². The molecule has 2 heterocycles. The fourth-order valence-electron chi connectivity index (χ4n) is 4.87. The monoisotopic (exact) mass is 393 g/mol. The van der Waals surface area contributed by atoms with E-state index < -0.39 is 0 Å². The summed E-state index contributed by atoms with van der Waals surface area (Å²) in [5.74, 6) is 1.92. The van der Waals surface area contributed by atoms with Crippen LogP contribution in [0.5, 0.6) is 0 Å². The molecule has 0 radical (unpaired) electrons. The number of carbonyl (C=O) groups is 1. The molecular formula is C22H27N5O2. The molecule has 2 aliphatic carbocycles. The quantitative estimate of drug-likeness (QED) is 0.698. The van der Waals surface area contributed by atoms with Crippen molar-refractivity contribution in [3.05, 3.63) is 46.7 Å². The Balaban J connectivity index is 1.31. The van der Waals surface area contributed by atoms with Crippen LogP contribution in [0.4, 0.5) is 0 Å². The first-order valence-corrected chi connectivity index (χ1v) is 10.4. The number of carbonyl (C=O) groups excluding carboxylic acids is 1. The van der Waals surface area contributed by atoms with Crippen LogP contribution in [0.15, 0.2) is 18.2 Å². The highest BCUT2D eigenvalue weighted by Gasteiger charge is 2.39. The molecule has 152 valence electrons. The number of hydrogen-bond donors (Lipinski definition) is 2. The van der Waals surface area contributed by atoms with E-state index in [2.05, 4.69) is 39.1 Å². The molecular weight excluding hydrogens is 366 g/mol. The van der Waals surface area contributed by atoms with Gasteiger partial charge in [-0.15, -0.1) is 10.2 Å². The van der Waals surface area contributed by atoms with Crippen LogP contribution in [0.2, 0.25) is 0 Å². The molecule has 2 fully saturated rings. The highest BCUT2D eigenvalue weighted by molar-refractivity contribution is 6.02. The molecule has 2 N–H and O–H groups in total. The molecule has 0 spiro atoms. The fraction of sp³-hybridized carbons (Fsp3) is 0.500. The molecule has 29 heavy (non-hydrogen) atoms. The SMILES string of the molecule is Cc1c(C(=O)NC2CC(c3nnc(CO)n3C3CC3)C2)n(C)c2c(C)cccc12. The van der Waals surface area contributed by atoms with E-state index in [1.54, 1.807) is 0 Å². The zero-order valence-electron chi connectivity index (χ0n) is 17.1. The lowest BCUT2D eigenvalue weighted by Gasteiger charge is -2.35. The molecule has 0 unspecified atom stereocenters. The van der Waals surface area contributed by atoms with Crippen LogP contribution >= 0.6 is 0 Å². The average Bonchev–Trinajstić information content (AvgIpc) is 3.36. The average molecular weight is 393 g/mol. The second-order valence-corrected chi connectivity index (χ2v) is 8.58. The predicted octanol–water partition coefficient (Wildman–Crippen LogP) is 2.89. The summed E-state index contributed by atoms with van der Waals surface area (Å²) in [6.45, 7) is 4.03. The van der Waals surface area contributed by atoms with Crippen LogP contribution in [-0.2, 0) is 13.7 Å². The maximum absolute atomic E-state index is 13.1. The summed E-state index contributed by atoms with van der Waals surface area (Å²) in [6.07, 6.45) is 3.99. The van der Waals surface area contributed by atoms with Crippen LogP contribution < -0.4 is 5.32 Å². The van der Waals surface area contributed by atoms with E-state index in [4.69, 9.17) is 0 Å². The lowest BCUT2D eigenvalue weighted by atomic mass is 9.79. The van der Waals surface area contributed by atoms with E-state index in [0.29, 0.717) is 17.8 Å². The molecule has 2 aromatic heterocycles. The molecule has 0 bridgehead atoms. The van der Waals surface area contributed by atoms with Crippen molar-refractivity contribution >= 4 is 16.8 Å². The molecule has 2 aliphatic rings. The van der Waals surface area contributed by atoms with E-state index >= 15 is 0 Å². The van der Waals surface area contributed by atoms with Crippen LogP contribution in [0.25, 0.3) is 10.9 Å². The number of fused-ring (bicyclic) bond motifs is 1. The minimum atomic E-state index is -0.0733. The third-order valence-corrected chi connectivity index (χ3v) is 6.57. The van der Waals surface area contributed by atoms with Crippen molar-refractivity contribution in [1.82, 2.24) is 24.6 Å². The molecule has 1 aromatic carbocycles. The van der Waals surface area contributed by atoms with Crippen molar-refractivity contribution in [2.45, 2.75) is 64.1 Å². The third-order valence-electron chi connectivity index (χ3n) is 6.57. The zero-order chi connectivity index (χ0) is 20.3. The van der Waals surface area contributed by atoms with Crippen molar-refractivity contribution in [3.63, 3.8) is 0 Å². The Morgan fingerprint density at radius 3 is 2.66 bits per heavy atom. The minimum absolute atomic E-state index is 0.0104. The summed E-state index contributed by atoms with van der Waals surface area (Å²) in [4.78, 5) is 13.1. The molecule has 5 rings (SSSR count). The highest BCUT2D eigenvalue weighted by atomic mass is 16.3. The number of nitrogens with one attached hydrogen (secondary N) is 1. The number of aliphatic hydroxyl groups is 1. The van der Waals surface area contributed by atoms with Gasteiger partial charge in [0, 0.05) is 30.4 Å². The first-order valence-electron chi connectivity index (χ1n) is 10.4. The molecule has 2 saturated carbocycles. The van der Waals surface area contributed by atoms with E-state index in [1.807, 2.05) is 24.6 Å². The smallest absolute Gasteiger partial charge is 0.268 e. The van der Waals surface area contributed by atoms with E-state index in [0.717, 1.165) is 53.7 Å². The van der Waals surface area contributed by atoms with E-state index in [-0.39, 0.29) is 18.6 Å². The fourth-order valence-corrected chi connectivity index (χ4v) is 4.87. The number of aliphatic hydroxyl groups excluding tert-OH is 1. The summed E-state index contributed by atoms with van der Waals surface area (Å²) >= 11 is 0. The van der Waals surface area contributed by atoms with E-state index in [1.165, 1.54) is 5.56 Å². The van der Waals surface area contributed by atoms with Crippen molar-refractivity contribution < 1.29 is 9.90 Å². The van der Waals surface area contributed by atoms with Crippen molar-refractivity contribution in [2.24, 2.45) is 7.05 Å². The predicted molar refractivity (Wildman–Crippen MR) is 110 cm³/mol. The maximum Gasteiger partial charge on any atom is 0.268 e. The minimum Gasteiger partial charge on any atom is -0.388 e. The zero-order valence-corrected chi connectivity index (χ0v) is 17.1. The van der Waals surface area contributed by atoms with Crippen LogP contribution in [0.1, 0.15) is 70.9 Å². The summed E-state index contributed by atoms with van der Waals surface area (Å²) in [5, 5.41) is 22.4. The van der Waals surface area contributed by atoms with Gasteiger partial charge in [0.05, 0.1) is 5.52 Å². The number of nitrogens with zero attached hydrogens (tertiary/aromatic N) is 4. The number of aryl methyl sites for hydroxylation is 3. The number of hydrogen-bond acceptors (Lipinski definition) is 4. The summed E-state index contributed by atoms with van der Waals surface area (Å²) in [6, 6.07) is 6.79. The van der Waals surface area contributed by atoms with Gasteiger partial charge in [-0.1, -0.05) is 18.2 Å². The molecule has 7 heteroatoms.